The summed E-state index contributed by atoms with van der Waals surface area (Å²) in [7, 11) is 0. The highest BCUT2D eigenvalue weighted by molar-refractivity contribution is 7.98. The van der Waals surface area contributed by atoms with Gasteiger partial charge in [-0.2, -0.15) is 11.8 Å². The highest BCUT2D eigenvalue weighted by Crippen LogP contribution is 2.42. The SMILES string of the molecule is CCc1c2c(nc3ccc(O)cc13)-c1cc3c(c(=O)n1C2)COC(=O)C3(CC)OC(=O)CNC(=O)[C@H](CC(C)C)N(C(=O)OC(C)(C)C)C(=O)[C@@H](N)CSCc1ccccc1. The molecule has 2 aliphatic rings. The van der Waals surface area contributed by atoms with Crippen molar-refractivity contribution in [3.8, 4) is 17.1 Å². The van der Waals surface area contributed by atoms with Gasteiger partial charge in [-0.25, -0.2) is 19.5 Å². The number of aromatic nitrogens is 2. The average Bonchev–Trinajstić information content (AvgIpc) is 3.57. The molecule has 0 aliphatic carbocycles. The minimum absolute atomic E-state index is 0.00903. The topological polar surface area (TPSA) is 209 Å². The molecule has 0 saturated heterocycles. The predicted octanol–water partition coefficient (Wildman–Crippen LogP) is 5.45. The number of phenols is 1. The van der Waals surface area contributed by atoms with E-state index in [1.54, 1.807) is 50.5 Å². The van der Waals surface area contributed by atoms with Crippen LogP contribution in [0.3, 0.4) is 0 Å². The van der Waals surface area contributed by atoms with Gasteiger partial charge in [-0.15, -0.1) is 0 Å². The molecule has 6 rings (SSSR count). The lowest BCUT2D eigenvalue weighted by Gasteiger charge is -2.36. The van der Waals surface area contributed by atoms with Gasteiger partial charge in [-0.1, -0.05) is 58.0 Å². The van der Waals surface area contributed by atoms with Gasteiger partial charge in [0.2, 0.25) is 17.4 Å². The van der Waals surface area contributed by atoms with Crippen LogP contribution in [0, 0.1) is 5.92 Å². The first-order valence-electron chi connectivity index (χ1n) is 20.4. The maximum absolute atomic E-state index is 14.2. The number of fused-ring (bicyclic) bond motifs is 5. The molecule has 1 unspecified atom stereocenters. The predicted molar refractivity (Wildman–Crippen MR) is 229 cm³/mol. The van der Waals surface area contributed by atoms with E-state index >= 15 is 0 Å². The molecule has 2 aromatic carbocycles. The number of nitrogens with zero attached hydrogens (tertiary/aromatic N) is 3. The molecule has 0 radical (unpaired) electrons. The molecule has 3 amide bonds. The largest absolute Gasteiger partial charge is 0.508 e. The maximum Gasteiger partial charge on any atom is 0.417 e. The summed E-state index contributed by atoms with van der Waals surface area (Å²) in [5.74, 6) is -3.01. The van der Waals surface area contributed by atoms with Gasteiger partial charge in [0.25, 0.3) is 5.56 Å². The fourth-order valence-corrected chi connectivity index (χ4v) is 8.75. The average molecular weight is 856 g/mol. The van der Waals surface area contributed by atoms with Crippen molar-refractivity contribution < 1.29 is 43.3 Å². The van der Waals surface area contributed by atoms with E-state index in [0.717, 1.165) is 27.0 Å². The number of carbonyl (C=O) groups excluding carboxylic acids is 5. The van der Waals surface area contributed by atoms with Crippen LogP contribution in [0.5, 0.6) is 5.75 Å². The second kappa shape index (κ2) is 18.1. The van der Waals surface area contributed by atoms with Crippen molar-refractivity contribution in [2.45, 2.75) is 110 Å². The summed E-state index contributed by atoms with van der Waals surface area (Å²) in [6.07, 6.45) is -0.576. The summed E-state index contributed by atoms with van der Waals surface area (Å²) >= 11 is 1.40. The van der Waals surface area contributed by atoms with E-state index in [-0.39, 0.29) is 54.5 Å². The highest BCUT2D eigenvalue weighted by Gasteiger charge is 2.51. The molecule has 16 heteroatoms. The van der Waals surface area contributed by atoms with Gasteiger partial charge < -0.3 is 34.9 Å². The molecule has 4 heterocycles. The number of aryl methyl sites for hydroxylation is 1. The Morgan fingerprint density at radius 3 is 2.44 bits per heavy atom. The third kappa shape index (κ3) is 9.30. The van der Waals surface area contributed by atoms with Crippen molar-refractivity contribution in [1.82, 2.24) is 19.8 Å². The molecule has 0 fully saturated rings. The number of carbonyl (C=O) groups is 5. The number of hydrogen-bond donors (Lipinski definition) is 3. The van der Waals surface area contributed by atoms with Gasteiger partial charge >= 0.3 is 18.0 Å². The Balaban J connectivity index is 1.26. The molecule has 4 N–H and O–H groups in total. The number of aromatic hydroxyl groups is 1. The van der Waals surface area contributed by atoms with Crippen molar-refractivity contribution in [3.63, 3.8) is 0 Å². The number of hydrogen-bond acceptors (Lipinski definition) is 13. The molecule has 3 atom stereocenters. The van der Waals surface area contributed by atoms with E-state index in [2.05, 4.69) is 5.32 Å². The number of rotatable bonds is 14. The van der Waals surface area contributed by atoms with Crippen molar-refractivity contribution in [3.05, 3.63) is 92.8 Å². The summed E-state index contributed by atoms with van der Waals surface area (Å²) in [6, 6.07) is 13.5. The molecular formula is C45H53N5O10S. The summed E-state index contributed by atoms with van der Waals surface area (Å²) in [6.45, 7) is 11.2. The second-order valence-electron chi connectivity index (χ2n) is 16.7. The lowest BCUT2D eigenvalue weighted by atomic mass is 9.85. The summed E-state index contributed by atoms with van der Waals surface area (Å²) < 4.78 is 18.6. The molecule has 15 nitrogen and oxygen atoms in total. The van der Waals surface area contributed by atoms with Gasteiger partial charge in [0, 0.05) is 28.0 Å². The van der Waals surface area contributed by atoms with Crippen LogP contribution in [0.15, 0.2) is 59.4 Å². The lowest BCUT2D eigenvalue weighted by Crippen LogP contribution is -2.58. The number of nitrogens with one attached hydrogen (secondary N) is 1. The molecule has 61 heavy (non-hydrogen) atoms. The van der Waals surface area contributed by atoms with Crippen molar-refractivity contribution in [2.24, 2.45) is 11.7 Å². The van der Waals surface area contributed by atoms with Gasteiger partial charge in [-0.3, -0.25) is 19.2 Å². The Kier molecular flexibility index (Phi) is 13.3. The molecule has 2 aliphatic heterocycles. The Morgan fingerprint density at radius 2 is 1.79 bits per heavy atom. The summed E-state index contributed by atoms with van der Waals surface area (Å²) in [5, 5.41) is 13.5. The Hall–Kier alpha value is -5.74. The lowest BCUT2D eigenvalue weighted by molar-refractivity contribution is -0.189. The zero-order valence-corrected chi connectivity index (χ0v) is 36.4. The van der Waals surface area contributed by atoms with Crippen molar-refractivity contribution in [1.29, 1.82) is 0 Å². The van der Waals surface area contributed by atoms with Gasteiger partial charge in [0.1, 0.15) is 30.5 Å². The quantitative estimate of drug-likeness (QED) is 0.0939. The monoisotopic (exact) mass is 855 g/mol. The van der Waals surface area contributed by atoms with Crippen LogP contribution < -0.4 is 16.6 Å². The van der Waals surface area contributed by atoms with Crippen LogP contribution in [0.2, 0.25) is 0 Å². The van der Waals surface area contributed by atoms with E-state index in [1.165, 1.54) is 17.8 Å². The standard InChI is InChI=1S/C45H53N5O10S/c1-8-28-29-18-27(51)15-16-34(29)48-38-30(28)21-49-35(38)19-32-31(40(49)54)22-58-42(56)45(32,9-2)59-37(52)20-47-39(53)36(17-25(3)4)50(43(57)60-44(5,6)7)41(55)33(46)24-61-23-26-13-11-10-12-14-26/h10-16,18-19,25,33,36,51H,8-9,17,20-24,46H2,1-7H3,(H,47,53)/t33-,36-,45?/m0/s1. The number of pyridine rings is 2. The zero-order chi connectivity index (χ0) is 44.4. The third-order valence-corrected chi connectivity index (χ3v) is 11.8. The molecule has 0 saturated carbocycles. The first kappa shape index (κ1) is 44.8. The van der Waals surface area contributed by atoms with E-state index in [1.807, 2.05) is 51.1 Å². The first-order chi connectivity index (χ1) is 28.9. The van der Waals surface area contributed by atoms with E-state index in [4.69, 9.17) is 24.9 Å². The van der Waals surface area contributed by atoms with Crippen LogP contribution in [-0.2, 0) is 64.3 Å². The normalized spacial score (nSPS) is 16.5. The number of amides is 3. The van der Waals surface area contributed by atoms with Crippen molar-refractivity contribution in [2.75, 3.05) is 12.3 Å². The molecule has 4 aromatic rings. The molecule has 324 valence electrons. The van der Waals surface area contributed by atoms with E-state index < -0.39 is 65.2 Å². The van der Waals surface area contributed by atoms with Gasteiger partial charge in [0.05, 0.1) is 35.1 Å². The van der Waals surface area contributed by atoms with E-state index in [0.29, 0.717) is 29.1 Å². The molecular weight excluding hydrogens is 803 g/mol. The first-order valence-corrected chi connectivity index (χ1v) is 21.6. The van der Waals surface area contributed by atoms with Crippen molar-refractivity contribution >= 4 is 52.5 Å². The van der Waals surface area contributed by atoms with Crippen LogP contribution >= 0.6 is 11.8 Å². The minimum Gasteiger partial charge on any atom is -0.508 e. The Morgan fingerprint density at radius 1 is 1.07 bits per heavy atom. The van der Waals surface area contributed by atoms with Crippen LogP contribution in [0.25, 0.3) is 22.3 Å². The minimum atomic E-state index is -2.05. The third-order valence-electron chi connectivity index (χ3n) is 10.7. The second-order valence-corrected chi connectivity index (χ2v) is 17.7. The fourth-order valence-electron chi connectivity index (χ4n) is 7.80. The Labute approximate surface area is 358 Å². The van der Waals surface area contributed by atoms with Gasteiger partial charge in [-0.05, 0) is 81.3 Å². The van der Waals surface area contributed by atoms with Gasteiger partial charge in [0.15, 0.2) is 0 Å². The number of esters is 2. The molecule has 0 spiro atoms. The van der Waals surface area contributed by atoms with Crippen LogP contribution in [0.4, 0.5) is 4.79 Å². The number of cyclic esters (lactones) is 1. The Bertz CT molecular complexity index is 2430. The number of ether oxygens (including phenoxy) is 3. The number of benzene rings is 2. The van der Waals surface area contributed by atoms with E-state index in [9.17, 15) is 33.9 Å². The number of nitrogens with two attached hydrogens (primary N) is 1. The molecule has 0 bridgehead atoms. The summed E-state index contributed by atoms with van der Waals surface area (Å²) in [4.78, 5) is 89.0. The summed E-state index contributed by atoms with van der Waals surface area (Å²) in [5.41, 5.74) is 7.46. The van der Waals surface area contributed by atoms with Crippen LogP contribution in [-0.4, -0.2) is 79.4 Å². The molecule has 2 aromatic heterocycles. The number of thioether (sulfide) groups is 1. The number of phenolic OH excluding ortho intramolecular Hbond substituents is 1. The van der Waals surface area contributed by atoms with Crippen LogP contribution in [0.1, 0.15) is 89.1 Å². The number of imide groups is 1. The smallest absolute Gasteiger partial charge is 0.417 e. The highest BCUT2D eigenvalue weighted by atomic mass is 32.2. The zero-order valence-electron chi connectivity index (χ0n) is 35.5. The fraction of sp³-hybridized carbons (Fsp3) is 0.444. The maximum atomic E-state index is 14.2.